The zero-order valence-corrected chi connectivity index (χ0v) is 19.3. The summed E-state index contributed by atoms with van der Waals surface area (Å²) in [7, 11) is 0. The molecule has 3 rings (SSSR count). The number of ether oxygens (including phenoxy) is 1. The lowest BCUT2D eigenvalue weighted by atomic mass is 9.70. The van der Waals surface area contributed by atoms with Gasteiger partial charge in [-0.2, -0.15) is 0 Å². The number of carbonyl (C=O) groups excluding carboxylic acids is 1. The van der Waals surface area contributed by atoms with Gasteiger partial charge < -0.3 is 4.74 Å². The van der Waals surface area contributed by atoms with E-state index in [9.17, 15) is 4.79 Å². The summed E-state index contributed by atoms with van der Waals surface area (Å²) in [6.07, 6.45) is 21.6. The lowest BCUT2D eigenvalue weighted by Crippen LogP contribution is -2.24. The van der Waals surface area contributed by atoms with Crippen LogP contribution in [0.15, 0.2) is 12.2 Å². The Morgan fingerprint density at radius 3 is 1.38 bits per heavy atom. The Morgan fingerprint density at radius 2 is 1.03 bits per heavy atom. The molecule has 0 aromatic heterocycles. The van der Waals surface area contributed by atoms with Crippen LogP contribution in [0.2, 0.25) is 0 Å². The van der Waals surface area contributed by atoms with Crippen molar-refractivity contribution < 1.29 is 9.53 Å². The van der Waals surface area contributed by atoms with Crippen molar-refractivity contribution in [1.29, 1.82) is 0 Å². The van der Waals surface area contributed by atoms with Crippen molar-refractivity contribution in [3.8, 4) is 0 Å². The zero-order valence-electron chi connectivity index (χ0n) is 19.3. The molecule has 0 aromatic carbocycles. The van der Waals surface area contributed by atoms with Gasteiger partial charge in [0.1, 0.15) is 0 Å². The third-order valence-electron chi connectivity index (χ3n) is 8.61. The number of esters is 1. The molecule has 2 nitrogen and oxygen atoms in total. The average molecular weight is 403 g/mol. The maximum atomic E-state index is 11.6. The second-order valence-corrected chi connectivity index (χ2v) is 10.9. The fourth-order valence-corrected chi connectivity index (χ4v) is 6.47. The van der Waals surface area contributed by atoms with Crippen molar-refractivity contribution in [1.82, 2.24) is 0 Å². The standard InChI is InChI=1S/C27H46O2/c1-4-21-5-7-22(8-6-21)17-23-9-11-24(12-10-23)18-25-13-15-26(16-14-25)19-29-27(28)20(2)3/h21-26H,2,4-19H2,1,3H3. The molecule has 3 saturated carbocycles. The summed E-state index contributed by atoms with van der Waals surface area (Å²) >= 11 is 0. The summed E-state index contributed by atoms with van der Waals surface area (Å²) in [6, 6.07) is 0. The monoisotopic (exact) mass is 402 g/mol. The van der Waals surface area contributed by atoms with Gasteiger partial charge in [-0.3, -0.25) is 0 Å². The van der Waals surface area contributed by atoms with Gasteiger partial charge in [-0.1, -0.05) is 84.1 Å². The van der Waals surface area contributed by atoms with Crippen LogP contribution >= 0.6 is 0 Å². The lowest BCUT2D eigenvalue weighted by Gasteiger charge is -2.36. The second kappa shape index (κ2) is 11.6. The van der Waals surface area contributed by atoms with Gasteiger partial charge in [-0.15, -0.1) is 0 Å². The van der Waals surface area contributed by atoms with Gasteiger partial charge in [-0.05, 0) is 68.1 Å². The van der Waals surface area contributed by atoms with Crippen LogP contribution in [0.1, 0.15) is 110 Å². The first-order chi connectivity index (χ1) is 14.0. The third-order valence-corrected chi connectivity index (χ3v) is 8.61. The number of hydrogen-bond acceptors (Lipinski definition) is 2. The van der Waals surface area contributed by atoms with Gasteiger partial charge in [0, 0.05) is 5.57 Å². The van der Waals surface area contributed by atoms with E-state index in [1.807, 2.05) is 0 Å². The molecule has 3 aliphatic carbocycles. The second-order valence-electron chi connectivity index (χ2n) is 10.9. The number of carbonyl (C=O) groups is 1. The zero-order chi connectivity index (χ0) is 20.6. The number of hydrogen-bond donors (Lipinski definition) is 0. The lowest BCUT2D eigenvalue weighted by molar-refractivity contribution is -0.140. The molecular formula is C27H46O2. The minimum atomic E-state index is -0.220. The van der Waals surface area contributed by atoms with E-state index in [4.69, 9.17) is 4.74 Å². The number of rotatable bonds is 8. The molecule has 0 unspecified atom stereocenters. The van der Waals surface area contributed by atoms with Crippen molar-refractivity contribution >= 4 is 5.97 Å². The normalized spacial score (nSPS) is 35.8. The van der Waals surface area contributed by atoms with E-state index < -0.39 is 0 Å². The Labute approximate surface area is 180 Å². The highest BCUT2D eigenvalue weighted by Gasteiger charge is 2.29. The summed E-state index contributed by atoms with van der Waals surface area (Å²) in [5.74, 6) is 5.39. The SMILES string of the molecule is C=C(C)C(=O)OCC1CCC(CC2CCC(CC3CCC(CC)CC3)CC2)CC1. The molecule has 0 heterocycles. The molecule has 0 spiro atoms. The molecule has 0 aliphatic heterocycles. The van der Waals surface area contributed by atoms with Crippen molar-refractivity contribution in [2.45, 2.75) is 110 Å². The van der Waals surface area contributed by atoms with Crippen LogP contribution in [-0.4, -0.2) is 12.6 Å². The van der Waals surface area contributed by atoms with Gasteiger partial charge in [-0.25, -0.2) is 4.79 Å². The van der Waals surface area contributed by atoms with Crippen molar-refractivity contribution in [3.05, 3.63) is 12.2 Å². The smallest absolute Gasteiger partial charge is 0.333 e. The topological polar surface area (TPSA) is 26.3 Å². The van der Waals surface area contributed by atoms with Gasteiger partial charge in [0.15, 0.2) is 0 Å². The van der Waals surface area contributed by atoms with Crippen LogP contribution in [0, 0.1) is 35.5 Å². The Balaban J connectivity index is 1.27. The van der Waals surface area contributed by atoms with E-state index >= 15 is 0 Å². The molecule has 0 N–H and O–H groups in total. The van der Waals surface area contributed by atoms with E-state index in [2.05, 4.69) is 13.5 Å². The Morgan fingerprint density at radius 1 is 0.690 bits per heavy atom. The minimum absolute atomic E-state index is 0.220. The first-order valence-electron chi connectivity index (χ1n) is 12.9. The molecule has 166 valence electrons. The van der Waals surface area contributed by atoms with Crippen LogP contribution in [0.4, 0.5) is 0 Å². The largest absolute Gasteiger partial charge is 0.462 e. The Bertz CT molecular complexity index is 501. The van der Waals surface area contributed by atoms with E-state index in [0.29, 0.717) is 18.1 Å². The fourth-order valence-electron chi connectivity index (χ4n) is 6.47. The van der Waals surface area contributed by atoms with Crippen LogP contribution in [-0.2, 0) is 9.53 Å². The predicted octanol–water partition coefficient (Wildman–Crippen LogP) is 7.72. The van der Waals surface area contributed by atoms with Crippen molar-refractivity contribution in [2.24, 2.45) is 35.5 Å². The van der Waals surface area contributed by atoms with Gasteiger partial charge in [0.25, 0.3) is 0 Å². The summed E-state index contributed by atoms with van der Waals surface area (Å²) < 4.78 is 5.38. The van der Waals surface area contributed by atoms with Gasteiger partial charge in [0.2, 0.25) is 0 Å². The molecule has 3 fully saturated rings. The Hall–Kier alpha value is -0.790. The van der Waals surface area contributed by atoms with E-state index in [-0.39, 0.29) is 5.97 Å². The maximum Gasteiger partial charge on any atom is 0.333 e. The fraction of sp³-hybridized carbons (Fsp3) is 0.889. The molecule has 0 aromatic rings. The predicted molar refractivity (Wildman–Crippen MR) is 122 cm³/mol. The van der Waals surface area contributed by atoms with Crippen molar-refractivity contribution in [3.63, 3.8) is 0 Å². The molecule has 0 saturated heterocycles. The highest BCUT2D eigenvalue weighted by atomic mass is 16.5. The average Bonchev–Trinajstić information content (AvgIpc) is 2.75. The summed E-state index contributed by atoms with van der Waals surface area (Å²) in [5.41, 5.74) is 0.517. The van der Waals surface area contributed by atoms with E-state index in [1.165, 1.54) is 96.3 Å². The molecular weight excluding hydrogens is 356 g/mol. The van der Waals surface area contributed by atoms with Crippen LogP contribution in [0.5, 0.6) is 0 Å². The minimum Gasteiger partial charge on any atom is -0.462 e. The van der Waals surface area contributed by atoms with Crippen LogP contribution in [0.25, 0.3) is 0 Å². The third kappa shape index (κ3) is 7.44. The highest BCUT2D eigenvalue weighted by Crippen LogP contribution is 2.42. The molecule has 3 aliphatic rings. The first-order valence-corrected chi connectivity index (χ1v) is 12.9. The van der Waals surface area contributed by atoms with Gasteiger partial charge >= 0.3 is 5.97 Å². The molecule has 0 amide bonds. The summed E-state index contributed by atoms with van der Waals surface area (Å²) in [5, 5.41) is 0. The van der Waals surface area contributed by atoms with Crippen LogP contribution < -0.4 is 0 Å². The maximum absolute atomic E-state index is 11.6. The quantitative estimate of drug-likeness (QED) is 0.307. The molecule has 0 bridgehead atoms. The Kier molecular flexibility index (Phi) is 9.12. The van der Waals surface area contributed by atoms with Gasteiger partial charge in [0.05, 0.1) is 6.61 Å². The summed E-state index contributed by atoms with van der Waals surface area (Å²) in [4.78, 5) is 11.6. The van der Waals surface area contributed by atoms with Crippen LogP contribution in [0.3, 0.4) is 0 Å². The molecule has 0 radical (unpaired) electrons. The molecule has 2 heteroatoms. The molecule has 29 heavy (non-hydrogen) atoms. The summed E-state index contributed by atoms with van der Waals surface area (Å²) in [6.45, 7) is 8.37. The van der Waals surface area contributed by atoms with E-state index in [1.54, 1.807) is 6.92 Å². The first kappa shape index (κ1) is 22.9. The van der Waals surface area contributed by atoms with Crippen molar-refractivity contribution in [2.75, 3.05) is 6.61 Å². The van der Waals surface area contributed by atoms with E-state index in [0.717, 1.165) is 29.6 Å². The highest BCUT2D eigenvalue weighted by molar-refractivity contribution is 5.86. The molecule has 0 atom stereocenters.